The normalized spacial score (nSPS) is 11.4. The van der Waals surface area contributed by atoms with Gasteiger partial charge in [0, 0.05) is 18.8 Å². The number of carbonyl (C=O) groups excluding carboxylic acids is 1. The van der Waals surface area contributed by atoms with E-state index >= 15 is 0 Å². The Morgan fingerprint density at radius 1 is 1.40 bits per heavy atom. The second-order valence-corrected chi connectivity index (χ2v) is 6.12. The number of hydrogen-bond acceptors (Lipinski definition) is 5. The highest BCUT2D eigenvalue weighted by Gasteiger charge is 2.20. The summed E-state index contributed by atoms with van der Waals surface area (Å²) in [6, 6.07) is 3.22. The van der Waals surface area contributed by atoms with Gasteiger partial charge in [-0.1, -0.05) is 0 Å². The Morgan fingerprint density at radius 2 is 2.10 bits per heavy atom. The SMILES string of the molecule is CCNc1cccnc1S(=O)(=O)NCC(=O)NC(C)C. The first-order valence-electron chi connectivity index (χ1n) is 6.34. The molecule has 1 aromatic rings. The zero-order chi connectivity index (χ0) is 15.2. The van der Waals surface area contributed by atoms with Crippen LogP contribution in [-0.4, -0.2) is 38.4 Å². The quantitative estimate of drug-likeness (QED) is 0.673. The molecule has 112 valence electrons. The van der Waals surface area contributed by atoms with Gasteiger partial charge in [0.1, 0.15) is 0 Å². The smallest absolute Gasteiger partial charge is 0.260 e. The van der Waals surface area contributed by atoms with Crippen LogP contribution >= 0.6 is 0 Å². The molecule has 0 atom stereocenters. The second-order valence-electron chi connectivity index (χ2n) is 4.43. The van der Waals surface area contributed by atoms with Crippen molar-refractivity contribution in [1.82, 2.24) is 15.0 Å². The number of rotatable bonds is 7. The van der Waals surface area contributed by atoms with Crippen LogP contribution in [0.4, 0.5) is 5.69 Å². The lowest BCUT2D eigenvalue weighted by Crippen LogP contribution is -2.40. The van der Waals surface area contributed by atoms with Gasteiger partial charge in [-0.2, -0.15) is 0 Å². The van der Waals surface area contributed by atoms with E-state index in [1.54, 1.807) is 26.0 Å². The van der Waals surface area contributed by atoms with Crippen molar-refractivity contribution in [1.29, 1.82) is 0 Å². The van der Waals surface area contributed by atoms with Gasteiger partial charge in [0.15, 0.2) is 5.03 Å². The molecule has 3 N–H and O–H groups in total. The van der Waals surface area contributed by atoms with Crippen LogP contribution < -0.4 is 15.4 Å². The average Bonchev–Trinajstić information content (AvgIpc) is 2.37. The van der Waals surface area contributed by atoms with Crippen LogP contribution in [0.25, 0.3) is 0 Å². The summed E-state index contributed by atoms with van der Waals surface area (Å²) in [4.78, 5) is 15.3. The molecular formula is C12H20N4O3S. The molecule has 0 radical (unpaired) electrons. The third-order valence-electron chi connectivity index (χ3n) is 2.27. The predicted octanol–water partition coefficient (Wildman–Crippen LogP) is 0.316. The Bertz CT molecular complexity index is 558. The zero-order valence-corrected chi connectivity index (χ0v) is 12.6. The number of amides is 1. The van der Waals surface area contributed by atoms with E-state index in [4.69, 9.17) is 0 Å². The summed E-state index contributed by atoms with van der Waals surface area (Å²) in [7, 11) is -3.83. The Morgan fingerprint density at radius 3 is 2.70 bits per heavy atom. The summed E-state index contributed by atoms with van der Waals surface area (Å²) in [6.45, 7) is 5.71. The molecule has 0 bridgehead atoms. The van der Waals surface area contributed by atoms with Crippen molar-refractivity contribution in [2.24, 2.45) is 0 Å². The van der Waals surface area contributed by atoms with Crippen molar-refractivity contribution in [2.45, 2.75) is 31.8 Å². The summed E-state index contributed by atoms with van der Waals surface area (Å²) in [6.07, 6.45) is 1.39. The Labute approximate surface area is 119 Å². The molecule has 1 rings (SSSR count). The van der Waals surface area contributed by atoms with Crippen molar-refractivity contribution in [3.05, 3.63) is 18.3 Å². The van der Waals surface area contributed by atoms with Crippen LogP contribution in [0, 0.1) is 0 Å². The highest BCUT2D eigenvalue weighted by atomic mass is 32.2. The minimum atomic E-state index is -3.83. The Hall–Kier alpha value is -1.67. The van der Waals surface area contributed by atoms with E-state index < -0.39 is 10.0 Å². The average molecular weight is 300 g/mol. The Kier molecular flexibility index (Phi) is 5.90. The largest absolute Gasteiger partial charge is 0.383 e. The minimum Gasteiger partial charge on any atom is -0.383 e. The number of anilines is 1. The van der Waals surface area contributed by atoms with E-state index in [1.807, 2.05) is 6.92 Å². The maximum Gasteiger partial charge on any atom is 0.260 e. The lowest BCUT2D eigenvalue weighted by molar-refractivity contribution is -0.120. The topological polar surface area (TPSA) is 100 Å². The number of nitrogens with zero attached hydrogens (tertiary/aromatic N) is 1. The van der Waals surface area contributed by atoms with Gasteiger partial charge in [-0.25, -0.2) is 18.1 Å². The van der Waals surface area contributed by atoms with Crippen LogP contribution in [0.15, 0.2) is 23.4 Å². The van der Waals surface area contributed by atoms with E-state index in [1.165, 1.54) is 6.20 Å². The second kappa shape index (κ2) is 7.20. The first kappa shape index (κ1) is 16.4. The molecule has 0 saturated heterocycles. The first-order chi connectivity index (χ1) is 9.36. The van der Waals surface area contributed by atoms with Gasteiger partial charge in [0.2, 0.25) is 5.91 Å². The molecule has 0 aliphatic carbocycles. The molecule has 0 fully saturated rings. The first-order valence-corrected chi connectivity index (χ1v) is 7.83. The molecule has 1 aromatic heterocycles. The van der Waals surface area contributed by atoms with Crippen molar-refractivity contribution >= 4 is 21.6 Å². The third kappa shape index (κ3) is 4.78. The van der Waals surface area contributed by atoms with Crippen LogP contribution in [0.1, 0.15) is 20.8 Å². The predicted molar refractivity (Wildman–Crippen MR) is 76.9 cm³/mol. The van der Waals surface area contributed by atoms with E-state index in [2.05, 4.69) is 20.3 Å². The Balaban J connectivity index is 2.81. The summed E-state index contributed by atoms with van der Waals surface area (Å²) < 4.78 is 26.5. The van der Waals surface area contributed by atoms with Gasteiger partial charge in [-0.3, -0.25) is 4.79 Å². The minimum absolute atomic E-state index is 0.0424. The van der Waals surface area contributed by atoms with E-state index in [-0.39, 0.29) is 23.5 Å². The van der Waals surface area contributed by atoms with Crippen molar-refractivity contribution in [3.63, 3.8) is 0 Å². The fourth-order valence-corrected chi connectivity index (χ4v) is 2.62. The zero-order valence-electron chi connectivity index (χ0n) is 11.8. The van der Waals surface area contributed by atoms with Crippen molar-refractivity contribution in [2.75, 3.05) is 18.4 Å². The fraction of sp³-hybridized carbons (Fsp3) is 0.500. The molecule has 0 aliphatic heterocycles. The maximum atomic E-state index is 12.1. The van der Waals surface area contributed by atoms with Crippen LogP contribution in [0.3, 0.4) is 0 Å². The number of nitrogens with one attached hydrogen (secondary N) is 3. The number of pyridine rings is 1. The molecule has 7 nitrogen and oxygen atoms in total. The molecule has 0 spiro atoms. The third-order valence-corrected chi connectivity index (χ3v) is 3.62. The van der Waals surface area contributed by atoms with Crippen molar-refractivity contribution in [3.8, 4) is 0 Å². The van der Waals surface area contributed by atoms with Gasteiger partial charge in [0.25, 0.3) is 10.0 Å². The lowest BCUT2D eigenvalue weighted by atomic mass is 10.4. The number of sulfonamides is 1. The monoisotopic (exact) mass is 300 g/mol. The molecule has 0 saturated carbocycles. The number of hydrogen-bond donors (Lipinski definition) is 3. The molecule has 0 aromatic carbocycles. The fourth-order valence-electron chi connectivity index (χ4n) is 1.53. The maximum absolute atomic E-state index is 12.1. The van der Waals surface area contributed by atoms with Gasteiger partial charge in [-0.05, 0) is 32.9 Å². The highest BCUT2D eigenvalue weighted by molar-refractivity contribution is 7.89. The molecule has 1 amide bonds. The van der Waals surface area contributed by atoms with Gasteiger partial charge in [0.05, 0.1) is 12.2 Å². The standard InChI is InChI=1S/C12H20N4O3S/c1-4-13-10-6-5-7-14-12(10)20(18,19)15-8-11(17)16-9(2)3/h5-7,9,13,15H,4,8H2,1-3H3,(H,16,17). The molecule has 1 heterocycles. The lowest BCUT2D eigenvalue weighted by Gasteiger charge is -2.12. The number of carbonyl (C=O) groups is 1. The van der Waals surface area contributed by atoms with Crippen molar-refractivity contribution < 1.29 is 13.2 Å². The van der Waals surface area contributed by atoms with Gasteiger partial charge in [-0.15, -0.1) is 0 Å². The van der Waals surface area contributed by atoms with Crippen LogP contribution in [0.2, 0.25) is 0 Å². The van der Waals surface area contributed by atoms with Gasteiger partial charge < -0.3 is 10.6 Å². The van der Waals surface area contributed by atoms with Crippen LogP contribution in [0.5, 0.6) is 0 Å². The molecular weight excluding hydrogens is 280 g/mol. The highest BCUT2D eigenvalue weighted by Crippen LogP contribution is 2.17. The van der Waals surface area contributed by atoms with Gasteiger partial charge >= 0.3 is 0 Å². The van der Waals surface area contributed by atoms with Crippen LogP contribution in [-0.2, 0) is 14.8 Å². The molecule has 0 aliphatic rings. The van der Waals surface area contributed by atoms with E-state index in [0.29, 0.717) is 12.2 Å². The molecule has 8 heteroatoms. The molecule has 0 unspecified atom stereocenters. The summed E-state index contributed by atoms with van der Waals surface area (Å²) >= 11 is 0. The summed E-state index contributed by atoms with van der Waals surface area (Å²) in [5, 5.41) is 5.41. The molecule has 20 heavy (non-hydrogen) atoms. The van der Waals surface area contributed by atoms with E-state index in [0.717, 1.165) is 0 Å². The summed E-state index contributed by atoms with van der Waals surface area (Å²) in [5.41, 5.74) is 0.409. The number of aromatic nitrogens is 1. The summed E-state index contributed by atoms with van der Waals surface area (Å²) in [5.74, 6) is -0.385. The van der Waals surface area contributed by atoms with E-state index in [9.17, 15) is 13.2 Å².